The van der Waals surface area contributed by atoms with Crippen LogP contribution in [0.3, 0.4) is 0 Å². The third-order valence-corrected chi connectivity index (χ3v) is 4.73. The van der Waals surface area contributed by atoms with Crippen LogP contribution in [0.5, 0.6) is 11.5 Å². The van der Waals surface area contributed by atoms with E-state index in [0.717, 1.165) is 0 Å². The van der Waals surface area contributed by atoms with Crippen LogP contribution in [0.1, 0.15) is 60.5 Å². The topological polar surface area (TPSA) is 140 Å². The molecule has 0 aliphatic rings. The second-order valence-electron chi connectivity index (χ2n) is 8.21. The lowest BCUT2D eigenvalue weighted by Gasteiger charge is -2.26. The Morgan fingerprint density at radius 1 is 0.939 bits per heavy atom. The van der Waals surface area contributed by atoms with Crippen molar-refractivity contribution in [3.8, 4) is 11.5 Å². The molecule has 0 saturated heterocycles. The highest BCUT2D eigenvalue weighted by atomic mass is 16.7. The molecule has 0 fully saturated rings. The first kappa shape index (κ1) is 27.9. The van der Waals surface area contributed by atoms with E-state index in [2.05, 4.69) is 0 Å². The minimum atomic E-state index is -1.05. The quantitative estimate of drug-likeness (QED) is 0.403. The number of ether oxygens (including phenoxy) is 5. The van der Waals surface area contributed by atoms with Gasteiger partial charge in [0.1, 0.15) is 23.9 Å². The molecule has 0 aliphatic carbocycles. The van der Waals surface area contributed by atoms with Gasteiger partial charge in [0.2, 0.25) is 0 Å². The second kappa shape index (κ2) is 12.2. The summed E-state index contributed by atoms with van der Waals surface area (Å²) in [7, 11) is 0. The summed E-state index contributed by atoms with van der Waals surface area (Å²) >= 11 is 0. The molecule has 0 spiro atoms. The molecule has 10 heteroatoms. The van der Waals surface area contributed by atoms with E-state index in [4.69, 9.17) is 29.4 Å². The first-order valence-electron chi connectivity index (χ1n) is 10.6. The van der Waals surface area contributed by atoms with Crippen molar-refractivity contribution in [2.45, 2.75) is 85.2 Å². The van der Waals surface area contributed by atoms with Gasteiger partial charge in [0.15, 0.2) is 11.5 Å². The number of hydrogen-bond acceptors (Lipinski definition) is 10. The first-order chi connectivity index (χ1) is 15.2. The van der Waals surface area contributed by atoms with Crippen LogP contribution in [-0.2, 0) is 35.0 Å². The highest BCUT2D eigenvalue weighted by Crippen LogP contribution is 2.29. The van der Waals surface area contributed by atoms with Gasteiger partial charge in [0, 0.05) is 13.8 Å². The minimum absolute atomic E-state index is 0.0275. The van der Waals surface area contributed by atoms with E-state index in [9.17, 15) is 19.2 Å². The van der Waals surface area contributed by atoms with Crippen molar-refractivity contribution in [2.75, 3.05) is 0 Å². The van der Waals surface area contributed by atoms with E-state index in [1.807, 2.05) is 6.92 Å². The van der Waals surface area contributed by atoms with Gasteiger partial charge in [-0.25, -0.2) is 4.79 Å². The molecule has 0 radical (unpaired) electrons. The average molecular weight is 468 g/mol. The lowest BCUT2D eigenvalue weighted by Crippen LogP contribution is -2.40. The van der Waals surface area contributed by atoms with E-state index in [0.29, 0.717) is 12.0 Å². The maximum atomic E-state index is 12.4. The lowest BCUT2D eigenvalue weighted by molar-refractivity contribution is -0.156. The third kappa shape index (κ3) is 9.90. The Morgan fingerprint density at radius 3 is 2.03 bits per heavy atom. The molecule has 0 unspecified atom stereocenters. The van der Waals surface area contributed by atoms with Crippen LogP contribution in [0.2, 0.25) is 0 Å². The van der Waals surface area contributed by atoms with Gasteiger partial charge in [-0.3, -0.25) is 14.4 Å². The molecule has 0 saturated carbocycles. The molecule has 0 aromatic heterocycles. The zero-order valence-electron chi connectivity index (χ0n) is 20.1. The maximum Gasteiger partial charge on any atom is 0.509 e. The largest absolute Gasteiger partial charge is 0.509 e. The minimum Gasteiger partial charge on any atom is -0.458 e. The highest BCUT2D eigenvalue weighted by Gasteiger charge is 2.27. The number of hydrogen-bond donors (Lipinski definition) is 1. The van der Waals surface area contributed by atoms with Crippen molar-refractivity contribution in [1.29, 1.82) is 0 Å². The monoisotopic (exact) mass is 467 g/mol. The summed E-state index contributed by atoms with van der Waals surface area (Å²) in [5.41, 5.74) is 5.85. The fraction of sp³-hybridized carbons (Fsp3) is 0.565. The second-order valence-corrected chi connectivity index (χ2v) is 8.21. The fourth-order valence-electron chi connectivity index (χ4n) is 2.43. The van der Waals surface area contributed by atoms with Crippen molar-refractivity contribution in [3.05, 3.63) is 23.8 Å². The van der Waals surface area contributed by atoms with Gasteiger partial charge in [0.05, 0.1) is 0 Å². The number of carbonyl (C=O) groups is 4. The van der Waals surface area contributed by atoms with Crippen LogP contribution in [0.25, 0.3) is 0 Å². The predicted molar refractivity (Wildman–Crippen MR) is 118 cm³/mol. The molecule has 0 amide bonds. The zero-order valence-corrected chi connectivity index (χ0v) is 20.1. The average Bonchev–Trinajstić information content (AvgIpc) is 2.68. The summed E-state index contributed by atoms with van der Waals surface area (Å²) in [6.45, 7) is 11.0. The number of rotatable bonds is 10. The van der Waals surface area contributed by atoms with E-state index in [-0.39, 0.29) is 17.9 Å². The summed E-state index contributed by atoms with van der Waals surface area (Å²) in [5, 5.41) is 0. The van der Waals surface area contributed by atoms with Gasteiger partial charge >= 0.3 is 24.1 Å². The van der Waals surface area contributed by atoms with Gasteiger partial charge < -0.3 is 29.4 Å². The van der Waals surface area contributed by atoms with Crippen molar-refractivity contribution >= 4 is 24.1 Å². The molecule has 3 atom stereocenters. The first-order valence-corrected chi connectivity index (χ1v) is 10.6. The standard InChI is InChI=1S/C23H33NO9/c1-8-23(6,7)33-22(28)30-14(3)13(2)29-21(27)18(24)11-17-9-10-19(31-15(4)25)20(12-17)32-16(5)26/h9-10,12-14,18H,8,11,24H2,1-7H3/t13-,14-,18-/m0/s1. The van der Waals surface area contributed by atoms with Crippen molar-refractivity contribution in [2.24, 2.45) is 5.73 Å². The van der Waals surface area contributed by atoms with Gasteiger partial charge in [-0.2, -0.15) is 0 Å². The van der Waals surface area contributed by atoms with Crippen molar-refractivity contribution < 1.29 is 42.9 Å². The molecule has 0 heterocycles. The van der Waals surface area contributed by atoms with Gasteiger partial charge in [-0.15, -0.1) is 0 Å². The molecule has 1 aromatic carbocycles. The molecule has 2 N–H and O–H groups in total. The molecule has 1 aromatic rings. The molecule has 1 rings (SSSR count). The number of carbonyl (C=O) groups excluding carboxylic acids is 4. The summed E-state index contributed by atoms with van der Waals surface area (Å²) in [5.74, 6) is -1.80. The van der Waals surface area contributed by atoms with E-state index in [1.165, 1.54) is 26.0 Å². The van der Waals surface area contributed by atoms with Gasteiger partial charge in [-0.1, -0.05) is 13.0 Å². The van der Waals surface area contributed by atoms with Crippen LogP contribution in [0, 0.1) is 0 Å². The SMILES string of the molecule is CCC(C)(C)OC(=O)O[C@@H](C)[C@H](C)OC(=O)[C@@H](N)Cc1ccc(OC(C)=O)c(OC(C)=O)c1. The van der Waals surface area contributed by atoms with Crippen LogP contribution in [-0.4, -0.2) is 47.9 Å². The van der Waals surface area contributed by atoms with Gasteiger partial charge in [0.25, 0.3) is 0 Å². The molecule has 10 nitrogen and oxygen atoms in total. The highest BCUT2D eigenvalue weighted by molar-refractivity contribution is 5.76. The summed E-state index contributed by atoms with van der Waals surface area (Å²) in [4.78, 5) is 46.9. The summed E-state index contributed by atoms with van der Waals surface area (Å²) in [6, 6.07) is 3.43. The Morgan fingerprint density at radius 2 is 1.48 bits per heavy atom. The normalized spacial score (nSPS) is 13.8. The lowest BCUT2D eigenvalue weighted by atomic mass is 10.1. The van der Waals surface area contributed by atoms with Crippen LogP contribution in [0.4, 0.5) is 4.79 Å². The third-order valence-electron chi connectivity index (χ3n) is 4.73. The summed E-state index contributed by atoms with van der Waals surface area (Å²) < 4.78 is 25.8. The van der Waals surface area contributed by atoms with E-state index in [1.54, 1.807) is 33.8 Å². The molecular weight excluding hydrogens is 434 g/mol. The Labute approximate surface area is 193 Å². The number of esters is 3. The molecule has 0 aliphatic heterocycles. The van der Waals surface area contributed by atoms with Crippen LogP contribution < -0.4 is 15.2 Å². The number of nitrogens with two attached hydrogens (primary N) is 1. The maximum absolute atomic E-state index is 12.4. The Balaban J connectivity index is 2.74. The molecule has 184 valence electrons. The summed E-state index contributed by atoms with van der Waals surface area (Å²) in [6.07, 6.45) is -1.73. The molecule has 33 heavy (non-hydrogen) atoms. The van der Waals surface area contributed by atoms with Gasteiger partial charge in [-0.05, 0) is 58.2 Å². The van der Waals surface area contributed by atoms with E-state index >= 15 is 0 Å². The Hall–Kier alpha value is -3.14. The van der Waals surface area contributed by atoms with Crippen LogP contribution >= 0.6 is 0 Å². The Kier molecular flexibility index (Phi) is 10.3. The Bertz CT molecular complexity index is 865. The predicted octanol–water partition coefficient (Wildman–Crippen LogP) is 3.07. The van der Waals surface area contributed by atoms with E-state index < -0.39 is 47.9 Å². The smallest absolute Gasteiger partial charge is 0.458 e. The zero-order chi connectivity index (χ0) is 25.3. The fourth-order valence-corrected chi connectivity index (χ4v) is 2.43. The van der Waals surface area contributed by atoms with Crippen LogP contribution in [0.15, 0.2) is 18.2 Å². The molecule has 0 bridgehead atoms. The number of benzene rings is 1. The van der Waals surface area contributed by atoms with Crippen molar-refractivity contribution in [1.82, 2.24) is 0 Å². The molecular formula is C23H33NO9. The van der Waals surface area contributed by atoms with Crippen molar-refractivity contribution in [3.63, 3.8) is 0 Å².